The van der Waals surface area contributed by atoms with E-state index >= 15 is 0 Å². The summed E-state index contributed by atoms with van der Waals surface area (Å²) >= 11 is 0. The minimum atomic E-state index is 0.00615. The molecule has 30 heavy (non-hydrogen) atoms. The molecule has 0 saturated carbocycles. The maximum atomic E-state index is 4.89. The topological polar surface area (TPSA) is 34.4 Å². The van der Waals surface area contributed by atoms with Crippen LogP contribution < -0.4 is 0 Å². The second-order valence-corrected chi connectivity index (χ2v) is 8.82. The predicted octanol–water partition coefficient (Wildman–Crippen LogP) is 3.47. The Morgan fingerprint density at radius 3 is 2.10 bits per heavy atom. The highest BCUT2D eigenvalue weighted by Crippen LogP contribution is 2.38. The van der Waals surface area contributed by atoms with E-state index in [4.69, 9.17) is 5.10 Å². The smallest absolute Gasteiger partial charge is 0.0802 e. The van der Waals surface area contributed by atoms with Gasteiger partial charge in [0.05, 0.1) is 37.3 Å². The first-order chi connectivity index (χ1) is 14.8. The molecule has 4 aliphatic rings. The average molecular weight is 396 g/mol. The summed E-state index contributed by atoms with van der Waals surface area (Å²) in [5.41, 5.74) is 3.40. The maximum absolute atomic E-state index is 4.89. The van der Waals surface area contributed by atoms with Gasteiger partial charge in [0.15, 0.2) is 0 Å². The van der Waals surface area contributed by atoms with Crippen LogP contribution in [0.3, 0.4) is 0 Å². The SMILES string of the molecule is C(=N/N=C(\c1ccccc1)C12CN3CN(CN(C3)C1)C2)/c1cccc2ccccc12. The monoisotopic (exact) mass is 395 g/mol. The largest absolute Gasteiger partial charge is 0.276 e. The summed E-state index contributed by atoms with van der Waals surface area (Å²) in [6, 6.07) is 25.4. The summed E-state index contributed by atoms with van der Waals surface area (Å²) in [6.45, 7) is 6.37. The van der Waals surface area contributed by atoms with Gasteiger partial charge in [0, 0.05) is 25.2 Å². The Labute approximate surface area is 176 Å². The van der Waals surface area contributed by atoms with E-state index in [9.17, 15) is 0 Å². The number of nitrogens with zero attached hydrogens (tertiary/aromatic N) is 5. The van der Waals surface area contributed by atoms with E-state index in [1.54, 1.807) is 0 Å². The lowest BCUT2D eigenvalue weighted by atomic mass is 9.74. The van der Waals surface area contributed by atoms with Crippen LogP contribution in [0.5, 0.6) is 0 Å². The number of hydrogen-bond donors (Lipinski definition) is 0. The first kappa shape index (κ1) is 18.0. The zero-order valence-electron chi connectivity index (χ0n) is 17.0. The van der Waals surface area contributed by atoms with Gasteiger partial charge in [-0.1, -0.05) is 72.8 Å². The third-order valence-corrected chi connectivity index (χ3v) is 6.51. The van der Waals surface area contributed by atoms with Crippen molar-refractivity contribution in [2.24, 2.45) is 15.6 Å². The molecule has 0 atom stereocenters. The lowest BCUT2D eigenvalue weighted by Gasteiger charge is -2.60. The summed E-state index contributed by atoms with van der Waals surface area (Å²) in [5, 5.41) is 12.0. The third-order valence-electron chi connectivity index (χ3n) is 6.51. The van der Waals surface area contributed by atoms with E-state index < -0.39 is 0 Å². The molecule has 4 heterocycles. The van der Waals surface area contributed by atoms with Gasteiger partial charge in [0.1, 0.15) is 0 Å². The summed E-state index contributed by atoms with van der Waals surface area (Å²) in [7, 11) is 0. The Hall–Kier alpha value is -2.86. The van der Waals surface area contributed by atoms with Gasteiger partial charge in [0.2, 0.25) is 0 Å². The highest BCUT2D eigenvalue weighted by Gasteiger charge is 2.51. The summed E-state index contributed by atoms with van der Waals surface area (Å²) in [4.78, 5) is 7.59. The fourth-order valence-electron chi connectivity index (χ4n) is 5.52. The molecule has 4 fully saturated rings. The molecule has 0 aliphatic carbocycles. The molecule has 0 spiro atoms. The Morgan fingerprint density at radius 1 is 0.733 bits per heavy atom. The van der Waals surface area contributed by atoms with E-state index in [1.165, 1.54) is 16.3 Å². The highest BCUT2D eigenvalue weighted by molar-refractivity contribution is 6.06. The predicted molar refractivity (Wildman–Crippen MR) is 122 cm³/mol. The molecule has 0 amide bonds. The van der Waals surface area contributed by atoms with Crippen LogP contribution in [0, 0.1) is 5.41 Å². The molecular weight excluding hydrogens is 370 g/mol. The van der Waals surface area contributed by atoms with Gasteiger partial charge in [-0.25, -0.2) is 0 Å². The number of benzene rings is 3. The molecule has 3 aromatic rings. The van der Waals surface area contributed by atoms with E-state index in [0.29, 0.717) is 0 Å². The molecule has 5 nitrogen and oxygen atoms in total. The van der Waals surface area contributed by atoms with Crippen LogP contribution in [0.15, 0.2) is 83.0 Å². The zero-order valence-corrected chi connectivity index (χ0v) is 17.0. The van der Waals surface area contributed by atoms with Crippen molar-refractivity contribution in [3.8, 4) is 0 Å². The molecule has 5 heteroatoms. The molecule has 0 unspecified atom stereocenters. The van der Waals surface area contributed by atoms with Crippen molar-refractivity contribution in [2.75, 3.05) is 39.6 Å². The number of rotatable bonds is 4. The summed E-state index contributed by atoms with van der Waals surface area (Å²) < 4.78 is 0. The molecule has 7 rings (SSSR count). The van der Waals surface area contributed by atoms with Gasteiger partial charge in [-0.05, 0) is 16.3 Å². The van der Waals surface area contributed by atoms with Crippen molar-refractivity contribution in [1.29, 1.82) is 0 Å². The van der Waals surface area contributed by atoms with Gasteiger partial charge in [0.25, 0.3) is 0 Å². The first-order valence-corrected chi connectivity index (χ1v) is 10.6. The van der Waals surface area contributed by atoms with Crippen molar-refractivity contribution in [1.82, 2.24) is 14.7 Å². The second kappa shape index (κ2) is 7.13. The standard InChI is InChI=1S/C25H25N5/c1-2-8-21(9-3-1)24(25-14-28-17-29(15-25)19-30(16-25)18-28)27-26-13-22-11-6-10-20-7-4-5-12-23(20)22/h1-13H,14-19H2/b26-13-,27-24+. The van der Waals surface area contributed by atoms with E-state index in [0.717, 1.165) is 50.9 Å². The zero-order chi connectivity index (χ0) is 20.0. The van der Waals surface area contributed by atoms with Crippen LogP contribution >= 0.6 is 0 Å². The third kappa shape index (κ3) is 3.06. The molecule has 150 valence electrons. The Morgan fingerprint density at radius 2 is 1.37 bits per heavy atom. The first-order valence-electron chi connectivity index (χ1n) is 10.6. The fraction of sp³-hybridized carbons (Fsp3) is 0.280. The van der Waals surface area contributed by atoms with Crippen LogP contribution in [-0.2, 0) is 0 Å². The van der Waals surface area contributed by atoms with Crippen LogP contribution in [0.2, 0.25) is 0 Å². The molecule has 3 aromatic carbocycles. The Bertz CT molecular complexity index is 1090. The van der Waals surface area contributed by atoms with Crippen LogP contribution in [0.1, 0.15) is 11.1 Å². The quantitative estimate of drug-likeness (QED) is 0.501. The van der Waals surface area contributed by atoms with Gasteiger partial charge in [-0.3, -0.25) is 14.7 Å². The lowest BCUT2D eigenvalue weighted by molar-refractivity contribution is -0.149. The molecule has 4 bridgehead atoms. The van der Waals surface area contributed by atoms with Crippen molar-refractivity contribution >= 4 is 22.7 Å². The number of fused-ring (bicyclic) bond motifs is 1. The average Bonchev–Trinajstić information content (AvgIpc) is 2.76. The van der Waals surface area contributed by atoms with E-state index in [2.05, 4.69) is 92.6 Å². The molecule has 0 aromatic heterocycles. The van der Waals surface area contributed by atoms with Crippen molar-refractivity contribution in [2.45, 2.75) is 0 Å². The number of hydrogen-bond acceptors (Lipinski definition) is 5. The summed E-state index contributed by atoms with van der Waals surface area (Å²) in [6.07, 6.45) is 1.91. The lowest BCUT2D eigenvalue weighted by Crippen LogP contribution is -2.74. The van der Waals surface area contributed by atoms with E-state index in [1.807, 2.05) is 6.21 Å². The van der Waals surface area contributed by atoms with Gasteiger partial charge in [-0.2, -0.15) is 10.2 Å². The Kier molecular flexibility index (Phi) is 4.27. The van der Waals surface area contributed by atoms with Crippen LogP contribution in [-0.4, -0.2) is 66.3 Å². The highest BCUT2D eigenvalue weighted by atomic mass is 15.5. The van der Waals surface area contributed by atoms with Crippen molar-refractivity contribution < 1.29 is 0 Å². The molecule has 4 saturated heterocycles. The minimum absolute atomic E-state index is 0.00615. The molecule has 0 N–H and O–H groups in total. The molecule has 4 aliphatic heterocycles. The van der Waals surface area contributed by atoms with Gasteiger partial charge >= 0.3 is 0 Å². The molecular formula is C25H25N5. The van der Waals surface area contributed by atoms with Crippen LogP contribution in [0.25, 0.3) is 10.8 Å². The minimum Gasteiger partial charge on any atom is -0.276 e. The van der Waals surface area contributed by atoms with Gasteiger partial charge < -0.3 is 0 Å². The summed E-state index contributed by atoms with van der Waals surface area (Å²) in [5.74, 6) is 0. The molecule has 0 radical (unpaired) electrons. The van der Waals surface area contributed by atoms with Crippen LogP contribution in [0.4, 0.5) is 0 Å². The second-order valence-electron chi connectivity index (χ2n) is 8.82. The Balaban J connectivity index is 1.41. The van der Waals surface area contributed by atoms with Crippen molar-refractivity contribution in [3.05, 3.63) is 83.9 Å². The van der Waals surface area contributed by atoms with Crippen molar-refractivity contribution in [3.63, 3.8) is 0 Å². The fourth-order valence-corrected chi connectivity index (χ4v) is 5.52. The normalized spacial score (nSPS) is 30.4. The van der Waals surface area contributed by atoms with Gasteiger partial charge in [-0.15, -0.1) is 0 Å². The van der Waals surface area contributed by atoms with E-state index in [-0.39, 0.29) is 5.41 Å². The maximum Gasteiger partial charge on any atom is 0.0802 e.